The Morgan fingerprint density at radius 3 is 2.95 bits per heavy atom. The molecule has 2 heterocycles. The summed E-state index contributed by atoms with van der Waals surface area (Å²) in [5.74, 6) is 2.35. The van der Waals surface area contributed by atoms with E-state index >= 15 is 0 Å². The second-order valence-electron chi connectivity index (χ2n) is 5.81. The zero-order chi connectivity index (χ0) is 14.8. The van der Waals surface area contributed by atoms with Gasteiger partial charge < -0.3 is 14.8 Å². The summed E-state index contributed by atoms with van der Waals surface area (Å²) < 4.78 is 12.5. The van der Waals surface area contributed by atoms with Gasteiger partial charge in [-0.15, -0.1) is 0 Å². The second kappa shape index (κ2) is 6.55. The molecule has 3 rings (SSSR count). The summed E-state index contributed by atoms with van der Waals surface area (Å²) in [6, 6.07) is 4.79. The molecule has 0 saturated carbocycles. The van der Waals surface area contributed by atoms with Crippen molar-refractivity contribution in [2.75, 3.05) is 39.9 Å². The van der Waals surface area contributed by atoms with Crippen molar-refractivity contribution in [3.63, 3.8) is 0 Å². The fraction of sp³-hybridized carbons (Fsp3) is 0.625. The van der Waals surface area contributed by atoms with Gasteiger partial charge in [0, 0.05) is 6.04 Å². The molecule has 1 fully saturated rings. The Kier molecular flexibility index (Phi) is 4.72. The van der Waals surface area contributed by atoms with Crippen LogP contribution in [0, 0.1) is 5.92 Å². The van der Waals surface area contributed by atoms with Gasteiger partial charge in [0.15, 0.2) is 11.5 Å². The Morgan fingerprint density at radius 1 is 1.33 bits per heavy atom. The van der Waals surface area contributed by atoms with Crippen LogP contribution in [-0.4, -0.2) is 44.8 Å². The molecule has 1 aromatic carbocycles. The number of nitrogens with zero attached hydrogens (tertiary/aromatic N) is 1. The average Bonchev–Trinajstić information content (AvgIpc) is 2.86. The minimum Gasteiger partial charge on any atom is -0.486 e. The molecule has 2 unspecified atom stereocenters. The van der Waals surface area contributed by atoms with Crippen LogP contribution in [0.2, 0.25) is 0 Å². The van der Waals surface area contributed by atoms with Crippen LogP contribution in [0.1, 0.15) is 24.9 Å². The predicted octanol–water partition coefficient (Wildman–Crippen LogP) is 2.82. The Labute approximate surface area is 134 Å². The van der Waals surface area contributed by atoms with Gasteiger partial charge in [0.1, 0.15) is 13.2 Å². The molecule has 5 heteroatoms. The minimum atomic E-state index is 0.441. The van der Waals surface area contributed by atoms with E-state index in [4.69, 9.17) is 9.47 Å². The van der Waals surface area contributed by atoms with Gasteiger partial charge in [0.05, 0.1) is 4.47 Å². The number of halogens is 1. The van der Waals surface area contributed by atoms with Crippen LogP contribution in [0.4, 0.5) is 0 Å². The normalized spacial score (nSPS) is 25.3. The number of rotatable bonds is 4. The summed E-state index contributed by atoms with van der Waals surface area (Å²) in [4.78, 5) is 2.44. The Bertz CT molecular complexity index is 509. The number of fused-ring (bicyclic) bond motifs is 1. The van der Waals surface area contributed by atoms with Crippen LogP contribution in [0.15, 0.2) is 16.6 Å². The minimum absolute atomic E-state index is 0.441. The molecule has 116 valence electrons. The zero-order valence-electron chi connectivity index (χ0n) is 12.7. The number of hydrogen-bond acceptors (Lipinski definition) is 4. The van der Waals surface area contributed by atoms with Crippen LogP contribution in [-0.2, 0) is 0 Å². The molecular formula is C16H23BrN2O2. The molecule has 0 radical (unpaired) electrons. The first kappa shape index (κ1) is 15.1. The summed E-state index contributed by atoms with van der Waals surface area (Å²) in [5.41, 5.74) is 1.31. The van der Waals surface area contributed by atoms with Crippen molar-refractivity contribution in [3.05, 3.63) is 22.2 Å². The molecule has 1 N–H and O–H groups in total. The monoisotopic (exact) mass is 354 g/mol. The smallest absolute Gasteiger partial charge is 0.175 e. The van der Waals surface area contributed by atoms with Gasteiger partial charge in [0.2, 0.25) is 0 Å². The van der Waals surface area contributed by atoms with Gasteiger partial charge in [-0.3, -0.25) is 4.90 Å². The number of likely N-dealkylation sites (tertiary alicyclic amines) is 1. The predicted molar refractivity (Wildman–Crippen MR) is 87.2 cm³/mol. The first-order valence-electron chi connectivity index (χ1n) is 7.70. The van der Waals surface area contributed by atoms with Gasteiger partial charge in [-0.05, 0) is 72.6 Å². The van der Waals surface area contributed by atoms with Gasteiger partial charge in [-0.1, -0.05) is 6.92 Å². The first-order chi connectivity index (χ1) is 10.2. The molecule has 0 bridgehead atoms. The van der Waals surface area contributed by atoms with Crippen LogP contribution < -0.4 is 14.8 Å². The van der Waals surface area contributed by atoms with E-state index in [2.05, 4.69) is 52.3 Å². The highest BCUT2D eigenvalue weighted by atomic mass is 79.9. The van der Waals surface area contributed by atoms with Crippen molar-refractivity contribution in [1.82, 2.24) is 10.2 Å². The Morgan fingerprint density at radius 2 is 2.14 bits per heavy atom. The summed E-state index contributed by atoms with van der Waals surface area (Å²) in [6.07, 6.45) is 1.24. The number of benzene rings is 1. The SMILES string of the molecule is CCNCC1CCN(C)C1c1cc(Br)c2c(c1)OCCO2. The van der Waals surface area contributed by atoms with Crippen LogP contribution in [0.25, 0.3) is 0 Å². The zero-order valence-corrected chi connectivity index (χ0v) is 14.3. The first-order valence-corrected chi connectivity index (χ1v) is 8.50. The largest absolute Gasteiger partial charge is 0.486 e. The van der Waals surface area contributed by atoms with Gasteiger partial charge in [-0.25, -0.2) is 0 Å². The van der Waals surface area contributed by atoms with Crippen LogP contribution in [0.3, 0.4) is 0 Å². The van der Waals surface area contributed by atoms with Crippen molar-refractivity contribution in [3.8, 4) is 11.5 Å². The molecule has 21 heavy (non-hydrogen) atoms. The number of ether oxygens (including phenoxy) is 2. The van der Waals surface area contributed by atoms with E-state index in [1.54, 1.807) is 0 Å². The third-order valence-corrected chi connectivity index (χ3v) is 4.98. The lowest BCUT2D eigenvalue weighted by Gasteiger charge is -2.28. The lowest BCUT2D eigenvalue weighted by molar-refractivity contribution is 0.169. The fourth-order valence-corrected chi connectivity index (χ4v) is 3.97. The highest BCUT2D eigenvalue weighted by molar-refractivity contribution is 9.10. The molecule has 2 aliphatic rings. The summed E-state index contributed by atoms with van der Waals surface area (Å²) >= 11 is 3.63. The van der Waals surface area contributed by atoms with Crippen molar-refractivity contribution in [2.24, 2.45) is 5.92 Å². The lowest BCUT2D eigenvalue weighted by atomic mass is 9.93. The van der Waals surface area contributed by atoms with Crippen molar-refractivity contribution in [1.29, 1.82) is 0 Å². The van der Waals surface area contributed by atoms with Crippen LogP contribution >= 0.6 is 15.9 Å². The molecular weight excluding hydrogens is 332 g/mol. The third-order valence-electron chi connectivity index (χ3n) is 4.39. The van der Waals surface area contributed by atoms with Gasteiger partial charge >= 0.3 is 0 Å². The molecule has 0 aromatic heterocycles. The van der Waals surface area contributed by atoms with E-state index in [9.17, 15) is 0 Å². The molecule has 0 aliphatic carbocycles. The quantitative estimate of drug-likeness (QED) is 0.901. The Balaban J connectivity index is 1.89. The van der Waals surface area contributed by atoms with E-state index in [0.29, 0.717) is 25.2 Å². The fourth-order valence-electron chi connectivity index (χ4n) is 3.40. The summed E-state index contributed by atoms with van der Waals surface area (Å²) in [7, 11) is 2.21. The average molecular weight is 355 g/mol. The maximum Gasteiger partial charge on any atom is 0.175 e. The van der Waals surface area contributed by atoms with Crippen molar-refractivity contribution >= 4 is 15.9 Å². The van der Waals surface area contributed by atoms with E-state index in [1.165, 1.54) is 12.0 Å². The number of nitrogens with one attached hydrogen (secondary N) is 1. The van der Waals surface area contributed by atoms with Gasteiger partial charge in [-0.2, -0.15) is 0 Å². The highest BCUT2D eigenvalue weighted by Crippen LogP contribution is 2.44. The van der Waals surface area contributed by atoms with E-state index < -0.39 is 0 Å². The number of hydrogen-bond donors (Lipinski definition) is 1. The molecule has 1 aromatic rings. The maximum absolute atomic E-state index is 5.77. The topological polar surface area (TPSA) is 33.7 Å². The summed E-state index contributed by atoms with van der Waals surface area (Å²) in [6.45, 7) is 6.65. The van der Waals surface area contributed by atoms with E-state index in [-0.39, 0.29) is 0 Å². The maximum atomic E-state index is 5.77. The van der Waals surface area contributed by atoms with Crippen molar-refractivity contribution < 1.29 is 9.47 Å². The lowest BCUT2D eigenvalue weighted by Crippen LogP contribution is -2.28. The third kappa shape index (κ3) is 3.05. The second-order valence-corrected chi connectivity index (χ2v) is 6.66. The highest BCUT2D eigenvalue weighted by Gasteiger charge is 2.33. The van der Waals surface area contributed by atoms with Crippen LogP contribution in [0.5, 0.6) is 11.5 Å². The molecule has 2 atom stereocenters. The Hall–Kier alpha value is -0.780. The molecule has 4 nitrogen and oxygen atoms in total. The van der Waals surface area contributed by atoms with Gasteiger partial charge in [0.25, 0.3) is 0 Å². The van der Waals surface area contributed by atoms with E-state index in [1.807, 2.05) is 0 Å². The standard InChI is InChI=1S/C16H23BrN2O2/c1-3-18-10-11-4-5-19(2)15(11)12-8-13(17)16-14(9-12)20-6-7-21-16/h8-9,11,15,18H,3-7,10H2,1-2H3. The molecule has 0 amide bonds. The molecule has 1 saturated heterocycles. The van der Waals surface area contributed by atoms with Crippen molar-refractivity contribution in [2.45, 2.75) is 19.4 Å². The summed E-state index contributed by atoms with van der Waals surface area (Å²) in [5, 5.41) is 3.49. The molecule has 2 aliphatic heterocycles. The van der Waals surface area contributed by atoms with E-state index in [0.717, 1.165) is 35.6 Å². The molecule has 0 spiro atoms.